The van der Waals surface area contributed by atoms with E-state index in [1.165, 1.54) is 25.0 Å². The smallest absolute Gasteiger partial charge is 0.0949 e. The second-order valence-corrected chi connectivity index (χ2v) is 5.81. The highest BCUT2D eigenvalue weighted by Gasteiger charge is 2.17. The highest BCUT2D eigenvalue weighted by molar-refractivity contribution is 5.06. The molecule has 1 atom stereocenters. The zero-order valence-electron chi connectivity index (χ0n) is 12.3. The van der Waals surface area contributed by atoms with Gasteiger partial charge >= 0.3 is 0 Å². The fourth-order valence-corrected chi connectivity index (χ4v) is 2.50. The molecule has 0 spiro atoms. The van der Waals surface area contributed by atoms with Gasteiger partial charge < -0.3 is 14.6 Å². The van der Waals surface area contributed by atoms with Gasteiger partial charge in [-0.25, -0.2) is 4.98 Å². The Labute approximate surface area is 116 Å². The first-order valence-corrected chi connectivity index (χ1v) is 7.58. The molecule has 4 heteroatoms. The Morgan fingerprint density at radius 3 is 3.05 bits per heavy atom. The van der Waals surface area contributed by atoms with Gasteiger partial charge in [-0.15, -0.1) is 0 Å². The van der Waals surface area contributed by atoms with Gasteiger partial charge in [-0.1, -0.05) is 20.3 Å². The van der Waals surface area contributed by atoms with E-state index in [9.17, 15) is 0 Å². The van der Waals surface area contributed by atoms with Gasteiger partial charge in [-0.05, 0) is 31.7 Å². The van der Waals surface area contributed by atoms with E-state index in [0.717, 1.165) is 38.6 Å². The van der Waals surface area contributed by atoms with Crippen molar-refractivity contribution >= 4 is 0 Å². The van der Waals surface area contributed by atoms with Gasteiger partial charge in [-0.2, -0.15) is 0 Å². The summed E-state index contributed by atoms with van der Waals surface area (Å²) in [4.78, 5) is 4.29. The fraction of sp³-hybridized carbons (Fsp3) is 0.800. The number of hydrogen-bond donors (Lipinski definition) is 1. The van der Waals surface area contributed by atoms with E-state index in [4.69, 9.17) is 4.74 Å². The molecule has 1 aromatic rings. The van der Waals surface area contributed by atoms with Crippen LogP contribution < -0.4 is 5.32 Å². The normalized spacial score (nSPS) is 20.1. The molecule has 0 bridgehead atoms. The van der Waals surface area contributed by atoms with Crippen molar-refractivity contribution in [1.82, 2.24) is 14.9 Å². The third kappa shape index (κ3) is 4.62. The van der Waals surface area contributed by atoms with E-state index in [2.05, 4.69) is 28.7 Å². The van der Waals surface area contributed by atoms with Crippen molar-refractivity contribution in [1.29, 1.82) is 0 Å². The van der Waals surface area contributed by atoms with E-state index in [1.807, 2.05) is 12.5 Å². The minimum Gasteiger partial charge on any atom is -0.380 e. The first kappa shape index (κ1) is 14.5. The van der Waals surface area contributed by atoms with Crippen LogP contribution in [-0.2, 0) is 11.3 Å². The first-order chi connectivity index (χ1) is 9.27. The molecule has 1 saturated heterocycles. The van der Waals surface area contributed by atoms with E-state index in [0.29, 0.717) is 6.04 Å². The van der Waals surface area contributed by atoms with E-state index < -0.39 is 0 Å². The third-order valence-corrected chi connectivity index (χ3v) is 3.73. The predicted octanol–water partition coefficient (Wildman–Crippen LogP) is 2.76. The Kier molecular flexibility index (Phi) is 5.86. The van der Waals surface area contributed by atoms with Gasteiger partial charge in [-0.3, -0.25) is 0 Å². The van der Waals surface area contributed by atoms with Crippen LogP contribution in [0.2, 0.25) is 0 Å². The molecule has 0 radical (unpaired) electrons. The third-order valence-electron chi connectivity index (χ3n) is 3.73. The number of aromatic nitrogens is 2. The van der Waals surface area contributed by atoms with Crippen LogP contribution in [0.5, 0.6) is 0 Å². The Balaban J connectivity index is 1.76. The highest BCUT2D eigenvalue weighted by atomic mass is 16.5. The van der Waals surface area contributed by atoms with Gasteiger partial charge in [0.15, 0.2) is 0 Å². The van der Waals surface area contributed by atoms with Crippen LogP contribution in [0.3, 0.4) is 0 Å². The van der Waals surface area contributed by atoms with Crippen molar-refractivity contribution in [3.05, 3.63) is 18.2 Å². The predicted molar refractivity (Wildman–Crippen MR) is 77.1 cm³/mol. The van der Waals surface area contributed by atoms with Crippen LogP contribution in [0.25, 0.3) is 0 Å². The van der Waals surface area contributed by atoms with Crippen molar-refractivity contribution in [3.8, 4) is 0 Å². The molecule has 0 aliphatic carbocycles. The largest absolute Gasteiger partial charge is 0.380 e. The zero-order valence-corrected chi connectivity index (χ0v) is 12.3. The Hall–Kier alpha value is -0.870. The molecule has 108 valence electrons. The quantitative estimate of drug-likeness (QED) is 0.771. The molecular weight excluding hydrogens is 238 g/mol. The van der Waals surface area contributed by atoms with E-state index in [-0.39, 0.29) is 0 Å². The standard InChI is InChI=1S/C15H27N3O/c1-13(2)6-9-19-10-8-18-12-16-11-15(18)14-5-3-4-7-17-14/h11-14,17H,3-10H2,1-2H3. The number of ether oxygens (including phenoxy) is 1. The maximum atomic E-state index is 5.69. The van der Waals surface area contributed by atoms with Crippen molar-refractivity contribution in [2.45, 2.75) is 52.1 Å². The summed E-state index contributed by atoms with van der Waals surface area (Å²) in [5, 5.41) is 3.58. The van der Waals surface area contributed by atoms with Gasteiger partial charge in [0.05, 0.1) is 18.6 Å². The van der Waals surface area contributed by atoms with Gasteiger partial charge in [0.1, 0.15) is 0 Å². The van der Waals surface area contributed by atoms with Crippen molar-refractivity contribution in [3.63, 3.8) is 0 Å². The van der Waals surface area contributed by atoms with Gasteiger partial charge in [0.2, 0.25) is 0 Å². The average molecular weight is 265 g/mol. The second kappa shape index (κ2) is 7.65. The Bertz CT molecular complexity index is 356. The van der Waals surface area contributed by atoms with Crippen LogP contribution in [0, 0.1) is 5.92 Å². The lowest BCUT2D eigenvalue weighted by molar-refractivity contribution is 0.115. The molecule has 1 aromatic heterocycles. The molecular formula is C15H27N3O. The Morgan fingerprint density at radius 1 is 1.42 bits per heavy atom. The minimum absolute atomic E-state index is 0.479. The molecule has 1 N–H and O–H groups in total. The maximum absolute atomic E-state index is 5.69. The maximum Gasteiger partial charge on any atom is 0.0949 e. The molecule has 19 heavy (non-hydrogen) atoms. The monoisotopic (exact) mass is 265 g/mol. The SMILES string of the molecule is CC(C)CCOCCn1cncc1C1CCCCN1. The molecule has 1 aliphatic heterocycles. The zero-order chi connectivity index (χ0) is 13.5. The number of rotatable bonds is 7. The summed E-state index contributed by atoms with van der Waals surface area (Å²) >= 11 is 0. The van der Waals surface area contributed by atoms with Gasteiger partial charge in [0.25, 0.3) is 0 Å². The highest BCUT2D eigenvalue weighted by Crippen LogP contribution is 2.22. The number of hydrogen-bond acceptors (Lipinski definition) is 3. The lowest BCUT2D eigenvalue weighted by Gasteiger charge is -2.24. The number of nitrogens with one attached hydrogen (secondary N) is 1. The minimum atomic E-state index is 0.479. The van der Waals surface area contributed by atoms with Gasteiger partial charge in [0, 0.05) is 25.4 Å². The molecule has 0 aromatic carbocycles. The molecule has 1 aliphatic rings. The van der Waals surface area contributed by atoms with Crippen LogP contribution in [0.15, 0.2) is 12.5 Å². The summed E-state index contributed by atoms with van der Waals surface area (Å²) in [6.45, 7) is 8.14. The van der Waals surface area contributed by atoms with Crippen molar-refractivity contribution in [2.24, 2.45) is 5.92 Å². The summed E-state index contributed by atoms with van der Waals surface area (Å²) in [6, 6.07) is 0.479. The molecule has 2 heterocycles. The summed E-state index contributed by atoms with van der Waals surface area (Å²) < 4.78 is 7.93. The summed E-state index contributed by atoms with van der Waals surface area (Å²) in [5.41, 5.74) is 1.31. The molecule has 0 saturated carbocycles. The summed E-state index contributed by atoms with van der Waals surface area (Å²) in [6.07, 6.45) is 8.89. The van der Waals surface area contributed by atoms with E-state index >= 15 is 0 Å². The molecule has 0 amide bonds. The molecule has 2 rings (SSSR count). The summed E-state index contributed by atoms with van der Waals surface area (Å²) in [5.74, 6) is 0.718. The summed E-state index contributed by atoms with van der Waals surface area (Å²) in [7, 11) is 0. The molecule has 1 unspecified atom stereocenters. The van der Waals surface area contributed by atoms with Crippen LogP contribution >= 0.6 is 0 Å². The van der Waals surface area contributed by atoms with Crippen LogP contribution in [0.4, 0.5) is 0 Å². The first-order valence-electron chi connectivity index (χ1n) is 7.58. The van der Waals surface area contributed by atoms with Crippen LogP contribution in [-0.4, -0.2) is 29.3 Å². The average Bonchev–Trinajstić information content (AvgIpc) is 2.87. The van der Waals surface area contributed by atoms with Crippen molar-refractivity contribution < 1.29 is 4.74 Å². The van der Waals surface area contributed by atoms with Crippen molar-refractivity contribution in [2.75, 3.05) is 19.8 Å². The number of imidazole rings is 1. The molecule has 4 nitrogen and oxygen atoms in total. The van der Waals surface area contributed by atoms with E-state index in [1.54, 1.807) is 0 Å². The Morgan fingerprint density at radius 2 is 2.32 bits per heavy atom. The van der Waals surface area contributed by atoms with Crippen LogP contribution in [0.1, 0.15) is 51.3 Å². The second-order valence-electron chi connectivity index (χ2n) is 5.81. The number of piperidine rings is 1. The topological polar surface area (TPSA) is 39.1 Å². The lowest BCUT2D eigenvalue weighted by Crippen LogP contribution is -2.28. The lowest BCUT2D eigenvalue weighted by atomic mass is 10.0. The molecule has 1 fully saturated rings. The number of nitrogens with zero attached hydrogens (tertiary/aromatic N) is 2. The fourth-order valence-electron chi connectivity index (χ4n) is 2.50.